The largest absolute Gasteiger partial charge is 0.507 e. The van der Waals surface area contributed by atoms with Gasteiger partial charge in [0.05, 0.1) is 17.5 Å². The summed E-state index contributed by atoms with van der Waals surface area (Å²) in [5.74, 6) is -11.0. The highest BCUT2D eigenvalue weighted by molar-refractivity contribution is 6.32. The van der Waals surface area contributed by atoms with Crippen LogP contribution in [0.25, 0.3) is 11.1 Å². The highest BCUT2D eigenvalue weighted by atomic mass is 16.6. The predicted molar refractivity (Wildman–Crippen MR) is 157 cm³/mol. The van der Waals surface area contributed by atoms with Gasteiger partial charge in [0.2, 0.25) is 5.91 Å². The van der Waals surface area contributed by atoms with Crippen molar-refractivity contribution in [1.82, 2.24) is 4.90 Å². The van der Waals surface area contributed by atoms with Crippen LogP contribution in [0.3, 0.4) is 0 Å². The van der Waals surface area contributed by atoms with Crippen LogP contribution < -0.4 is 11.1 Å². The van der Waals surface area contributed by atoms with Gasteiger partial charge in [-0.15, -0.1) is 0 Å². The maximum Gasteiger partial charge on any atom is 0.412 e. The lowest BCUT2D eigenvalue weighted by Gasteiger charge is -2.52. The standard InChI is InChI=1S/C32H35N3O9/c1-31(2,3)44-30(42)34-16-8-6-14(7-9-16)17-10-11-20(36)22-18(17)12-15-13-19-24(35(4)5)26(38)23(29(33)41)28(40)32(19,43)27(39)21(15)25(22)37/h6-11,15,19,21,23-24,36,43H,12-13H2,1-5H3,(H2,33,41)(H,34,42)/t15-,19-,21?,23?,24?,32-/m0/s1. The lowest BCUT2D eigenvalue weighted by Crippen LogP contribution is -2.74. The molecule has 3 unspecified atom stereocenters. The molecule has 2 aromatic rings. The Balaban J connectivity index is 1.53. The van der Waals surface area contributed by atoms with Crippen LogP contribution in [0.4, 0.5) is 10.5 Å². The predicted octanol–water partition coefficient (Wildman–Crippen LogP) is 1.88. The molecule has 44 heavy (non-hydrogen) atoms. The smallest absolute Gasteiger partial charge is 0.412 e. The number of benzene rings is 2. The topological polar surface area (TPSA) is 193 Å². The molecule has 0 saturated heterocycles. The van der Waals surface area contributed by atoms with E-state index < -0.39 is 76.0 Å². The van der Waals surface area contributed by atoms with E-state index in [9.17, 15) is 39.0 Å². The number of primary amides is 1. The van der Waals surface area contributed by atoms with Gasteiger partial charge in [0.1, 0.15) is 11.4 Å². The average Bonchev–Trinajstić information content (AvgIpc) is 2.90. The van der Waals surface area contributed by atoms with Crippen molar-refractivity contribution in [2.45, 2.75) is 50.9 Å². The first-order valence-corrected chi connectivity index (χ1v) is 14.3. The number of rotatable bonds is 4. The Labute approximate surface area is 253 Å². The first-order valence-electron chi connectivity index (χ1n) is 14.3. The summed E-state index contributed by atoms with van der Waals surface area (Å²) < 4.78 is 5.28. The van der Waals surface area contributed by atoms with Crippen LogP contribution in [0.5, 0.6) is 5.75 Å². The fourth-order valence-corrected chi connectivity index (χ4v) is 7.03. The molecule has 0 bridgehead atoms. The molecule has 12 heteroatoms. The Bertz CT molecular complexity index is 1610. The van der Waals surface area contributed by atoms with E-state index in [1.165, 1.54) is 25.1 Å². The monoisotopic (exact) mass is 605 g/mol. The Morgan fingerprint density at radius 2 is 1.66 bits per heavy atom. The van der Waals surface area contributed by atoms with Crippen LogP contribution in [0.2, 0.25) is 0 Å². The van der Waals surface area contributed by atoms with Gasteiger partial charge in [0.25, 0.3) is 0 Å². The van der Waals surface area contributed by atoms with Gasteiger partial charge < -0.3 is 20.7 Å². The van der Waals surface area contributed by atoms with Crippen LogP contribution in [0.15, 0.2) is 36.4 Å². The number of phenols is 1. The number of hydrogen-bond acceptors (Lipinski definition) is 10. The summed E-state index contributed by atoms with van der Waals surface area (Å²) >= 11 is 0. The highest BCUT2D eigenvalue weighted by Gasteiger charge is 2.69. The maximum absolute atomic E-state index is 14.0. The van der Waals surface area contributed by atoms with Crippen LogP contribution in [0.1, 0.15) is 43.1 Å². The van der Waals surface area contributed by atoms with E-state index in [0.29, 0.717) is 22.4 Å². The lowest BCUT2D eigenvalue weighted by molar-refractivity contribution is -0.181. The van der Waals surface area contributed by atoms with E-state index in [-0.39, 0.29) is 24.2 Å². The van der Waals surface area contributed by atoms with Gasteiger partial charge in [-0.1, -0.05) is 18.2 Å². The van der Waals surface area contributed by atoms with Gasteiger partial charge in [-0.2, -0.15) is 0 Å². The van der Waals surface area contributed by atoms with Gasteiger partial charge in [-0.05, 0) is 88.5 Å². The molecular formula is C32H35N3O9. The zero-order valence-corrected chi connectivity index (χ0v) is 25.0. The van der Waals surface area contributed by atoms with E-state index >= 15 is 0 Å². The van der Waals surface area contributed by atoms with Crippen LogP contribution in [-0.2, 0) is 30.3 Å². The molecule has 3 aliphatic rings. The number of likely N-dealkylation sites (N-methyl/N-ethyl adjacent to an activating group) is 1. The number of nitrogens with zero attached hydrogens (tertiary/aromatic N) is 1. The second-order valence-electron chi connectivity index (χ2n) is 13.0. The third-order valence-corrected chi connectivity index (χ3v) is 8.79. The van der Waals surface area contributed by atoms with E-state index in [1.54, 1.807) is 51.1 Å². The fourth-order valence-electron chi connectivity index (χ4n) is 7.03. The van der Waals surface area contributed by atoms with Crippen molar-refractivity contribution in [3.63, 3.8) is 0 Å². The molecule has 0 heterocycles. The second-order valence-corrected chi connectivity index (χ2v) is 13.0. The zero-order valence-electron chi connectivity index (χ0n) is 25.0. The fraction of sp³-hybridized carbons (Fsp3) is 0.438. The molecule has 2 aromatic carbocycles. The summed E-state index contributed by atoms with van der Waals surface area (Å²) in [7, 11) is 3.07. The molecule has 2 saturated carbocycles. The first-order chi connectivity index (χ1) is 20.5. The molecular weight excluding hydrogens is 570 g/mol. The van der Waals surface area contributed by atoms with E-state index in [0.717, 1.165) is 0 Å². The van der Waals surface area contributed by atoms with Crippen molar-refractivity contribution in [2.24, 2.45) is 29.4 Å². The Kier molecular flexibility index (Phi) is 7.50. The van der Waals surface area contributed by atoms with Gasteiger partial charge in [-0.3, -0.25) is 34.2 Å². The molecule has 0 radical (unpaired) electrons. The summed E-state index contributed by atoms with van der Waals surface area (Å²) in [5, 5.41) is 25.1. The summed E-state index contributed by atoms with van der Waals surface area (Å²) in [5.41, 5.74) is 4.04. The molecule has 5 N–H and O–H groups in total. The van der Waals surface area contributed by atoms with Gasteiger partial charge in [0, 0.05) is 11.6 Å². The third-order valence-electron chi connectivity index (χ3n) is 8.79. The number of Topliss-reactive ketones (excluding diaryl/α,β-unsaturated/α-hetero) is 4. The number of aliphatic hydroxyl groups is 1. The number of aromatic hydroxyl groups is 1. The molecule has 0 aromatic heterocycles. The number of fused-ring (bicyclic) bond motifs is 3. The molecule has 0 aliphatic heterocycles. The number of ketones is 4. The number of anilines is 1. The maximum atomic E-state index is 14.0. The van der Waals surface area contributed by atoms with Crippen molar-refractivity contribution < 1.29 is 43.7 Å². The number of phenolic OH excluding ortho intramolecular Hbond substituents is 1. The SMILES string of the molecule is CN(C)C1C(=O)C(C(N)=O)C(=O)[C@@]2(O)C(=O)C3C(=O)c4c(O)ccc(-c5ccc(NC(=O)OC(C)(C)C)cc5)c4C[C@H]3C[C@@H]12. The van der Waals surface area contributed by atoms with Crippen molar-refractivity contribution >= 4 is 40.8 Å². The normalized spacial score (nSPS) is 28.2. The number of amides is 2. The number of ether oxygens (including phenoxy) is 1. The lowest BCUT2D eigenvalue weighted by atomic mass is 9.52. The highest BCUT2D eigenvalue weighted by Crippen LogP contribution is 2.51. The Hall–Kier alpha value is -4.42. The Morgan fingerprint density at radius 3 is 2.23 bits per heavy atom. The van der Waals surface area contributed by atoms with Crippen molar-refractivity contribution in [3.8, 4) is 16.9 Å². The molecule has 3 aliphatic carbocycles. The van der Waals surface area contributed by atoms with Gasteiger partial charge in [0.15, 0.2) is 34.7 Å². The molecule has 6 atom stereocenters. The Morgan fingerprint density at radius 1 is 1.02 bits per heavy atom. The molecule has 2 amide bonds. The van der Waals surface area contributed by atoms with Crippen molar-refractivity contribution in [3.05, 3.63) is 47.5 Å². The van der Waals surface area contributed by atoms with E-state index in [4.69, 9.17) is 10.5 Å². The van der Waals surface area contributed by atoms with Crippen LogP contribution in [-0.4, -0.2) is 81.6 Å². The number of carbonyl (C=O) groups is 6. The molecule has 2 fully saturated rings. The summed E-state index contributed by atoms with van der Waals surface area (Å²) in [6.45, 7) is 5.25. The summed E-state index contributed by atoms with van der Waals surface area (Å²) in [4.78, 5) is 80.3. The molecule has 12 nitrogen and oxygen atoms in total. The summed E-state index contributed by atoms with van der Waals surface area (Å²) in [6, 6.07) is 8.58. The quantitative estimate of drug-likeness (QED) is 0.374. The zero-order chi connectivity index (χ0) is 32.5. The number of nitrogens with one attached hydrogen (secondary N) is 1. The number of carbonyl (C=O) groups excluding carboxylic acids is 6. The minimum absolute atomic E-state index is 0.0439. The average molecular weight is 606 g/mol. The van der Waals surface area contributed by atoms with Crippen molar-refractivity contribution in [2.75, 3.05) is 19.4 Å². The van der Waals surface area contributed by atoms with Crippen LogP contribution >= 0.6 is 0 Å². The van der Waals surface area contributed by atoms with Crippen molar-refractivity contribution in [1.29, 1.82) is 0 Å². The second kappa shape index (κ2) is 10.6. The van der Waals surface area contributed by atoms with E-state index in [1.807, 2.05) is 0 Å². The minimum atomic E-state index is -2.78. The van der Waals surface area contributed by atoms with Gasteiger partial charge >= 0.3 is 6.09 Å². The van der Waals surface area contributed by atoms with Crippen LogP contribution in [0, 0.1) is 23.7 Å². The molecule has 5 rings (SSSR count). The van der Waals surface area contributed by atoms with E-state index in [2.05, 4.69) is 5.32 Å². The minimum Gasteiger partial charge on any atom is -0.507 e. The number of hydrogen-bond donors (Lipinski definition) is 4. The molecule has 0 spiro atoms. The third kappa shape index (κ3) is 4.87. The first kappa shape index (κ1) is 31.0. The number of nitrogens with two attached hydrogens (primary N) is 1. The molecule has 232 valence electrons. The van der Waals surface area contributed by atoms with Gasteiger partial charge in [-0.25, -0.2) is 4.79 Å². The summed E-state index contributed by atoms with van der Waals surface area (Å²) in [6.07, 6.45) is -0.533.